The van der Waals surface area contributed by atoms with Crippen molar-refractivity contribution < 1.29 is 14.6 Å². The largest absolute Gasteiger partial charge is 0.476 e. The summed E-state index contributed by atoms with van der Waals surface area (Å²) in [7, 11) is 1.54. The normalized spacial score (nSPS) is 16.8. The molecule has 0 bridgehead atoms. The second-order valence-electron chi connectivity index (χ2n) is 4.01. The number of carboxylic acid groups (broad SMARTS) is 1. The minimum atomic E-state index is -1.05. The summed E-state index contributed by atoms with van der Waals surface area (Å²) in [5, 5.41) is 16.6. The van der Waals surface area contributed by atoms with Gasteiger partial charge in [-0.15, -0.1) is 5.10 Å². The molecule has 0 atom stereocenters. The number of methoxy groups -OCH3 is 1. The molecule has 0 saturated heterocycles. The Morgan fingerprint density at radius 2 is 2.25 bits per heavy atom. The molecular formula is C10H15N3O3. The summed E-state index contributed by atoms with van der Waals surface area (Å²) in [4.78, 5) is 11.0. The van der Waals surface area contributed by atoms with E-state index in [1.54, 1.807) is 4.68 Å². The van der Waals surface area contributed by atoms with E-state index >= 15 is 0 Å². The second-order valence-corrected chi connectivity index (χ2v) is 4.01. The van der Waals surface area contributed by atoms with Crippen molar-refractivity contribution in [3.8, 4) is 0 Å². The van der Waals surface area contributed by atoms with E-state index in [1.807, 2.05) is 0 Å². The maximum atomic E-state index is 11.0. The molecular weight excluding hydrogens is 210 g/mol. The van der Waals surface area contributed by atoms with Crippen LogP contribution in [-0.2, 0) is 11.3 Å². The third kappa shape index (κ3) is 1.92. The number of hydrogen-bond donors (Lipinski definition) is 1. The quantitative estimate of drug-likeness (QED) is 0.834. The summed E-state index contributed by atoms with van der Waals surface area (Å²) in [6.07, 6.45) is 4.41. The van der Waals surface area contributed by atoms with E-state index in [0.717, 1.165) is 12.8 Å². The van der Waals surface area contributed by atoms with Gasteiger partial charge < -0.3 is 9.84 Å². The van der Waals surface area contributed by atoms with Crippen LogP contribution in [0, 0.1) is 0 Å². The van der Waals surface area contributed by atoms with Crippen LogP contribution in [0.15, 0.2) is 0 Å². The number of nitrogens with zero attached hydrogens (tertiary/aromatic N) is 3. The Morgan fingerprint density at radius 1 is 1.56 bits per heavy atom. The molecule has 6 heteroatoms. The van der Waals surface area contributed by atoms with Gasteiger partial charge in [-0.1, -0.05) is 18.1 Å². The number of rotatable bonds is 4. The first kappa shape index (κ1) is 11.1. The molecule has 16 heavy (non-hydrogen) atoms. The summed E-state index contributed by atoms with van der Waals surface area (Å²) >= 11 is 0. The Balaban J connectivity index is 2.32. The molecule has 0 amide bonds. The standard InChI is InChI=1S/C10H15N3O3/c1-16-6-8-9(10(14)15)11-12-13(8)7-4-2-3-5-7/h7H,2-6H2,1H3,(H,14,15). The van der Waals surface area contributed by atoms with E-state index in [0.29, 0.717) is 5.69 Å². The van der Waals surface area contributed by atoms with Crippen LogP contribution in [0.2, 0.25) is 0 Å². The highest BCUT2D eigenvalue weighted by Crippen LogP contribution is 2.30. The third-order valence-corrected chi connectivity index (χ3v) is 2.95. The Kier molecular flexibility index (Phi) is 3.19. The molecule has 1 aromatic heterocycles. The van der Waals surface area contributed by atoms with E-state index in [4.69, 9.17) is 9.84 Å². The maximum absolute atomic E-state index is 11.0. The summed E-state index contributed by atoms with van der Waals surface area (Å²) in [5.41, 5.74) is 0.579. The summed E-state index contributed by atoms with van der Waals surface area (Å²) in [6, 6.07) is 0.283. The molecule has 1 N–H and O–H groups in total. The van der Waals surface area contributed by atoms with Gasteiger partial charge in [-0.3, -0.25) is 0 Å². The first-order valence-electron chi connectivity index (χ1n) is 5.40. The van der Waals surface area contributed by atoms with Crippen LogP contribution in [0.3, 0.4) is 0 Å². The van der Waals surface area contributed by atoms with Crippen LogP contribution in [0.25, 0.3) is 0 Å². The fourth-order valence-electron chi connectivity index (χ4n) is 2.19. The fraction of sp³-hybridized carbons (Fsp3) is 0.700. The lowest BCUT2D eigenvalue weighted by Gasteiger charge is -2.12. The van der Waals surface area contributed by atoms with Crippen LogP contribution in [0.4, 0.5) is 0 Å². The van der Waals surface area contributed by atoms with Gasteiger partial charge in [0.1, 0.15) is 0 Å². The number of hydrogen-bond acceptors (Lipinski definition) is 4. The topological polar surface area (TPSA) is 77.2 Å². The molecule has 1 heterocycles. The minimum Gasteiger partial charge on any atom is -0.476 e. The highest BCUT2D eigenvalue weighted by Gasteiger charge is 2.25. The molecule has 0 unspecified atom stereocenters. The molecule has 1 aromatic rings. The lowest BCUT2D eigenvalue weighted by Crippen LogP contribution is -2.13. The first-order chi connectivity index (χ1) is 7.74. The lowest BCUT2D eigenvalue weighted by atomic mass is 10.2. The average Bonchev–Trinajstić information content (AvgIpc) is 2.84. The predicted octanol–water partition coefficient (Wildman–Crippen LogP) is 1.24. The first-order valence-corrected chi connectivity index (χ1v) is 5.40. The Hall–Kier alpha value is -1.43. The van der Waals surface area contributed by atoms with E-state index in [1.165, 1.54) is 20.0 Å². The summed E-state index contributed by atoms with van der Waals surface area (Å²) < 4.78 is 6.74. The van der Waals surface area contributed by atoms with Gasteiger partial charge in [0.15, 0.2) is 5.69 Å². The van der Waals surface area contributed by atoms with Crippen molar-refractivity contribution >= 4 is 5.97 Å². The van der Waals surface area contributed by atoms with E-state index in [2.05, 4.69) is 10.3 Å². The van der Waals surface area contributed by atoms with Gasteiger partial charge in [-0.2, -0.15) is 0 Å². The molecule has 0 aliphatic heterocycles. The SMILES string of the molecule is COCc1c(C(=O)O)nnn1C1CCCC1. The predicted molar refractivity (Wildman–Crippen MR) is 55.2 cm³/mol. The molecule has 1 aliphatic rings. The molecule has 0 aromatic carbocycles. The van der Waals surface area contributed by atoms with Crippen molar-refractivity contribution in [3.05, 3.63) is 11.4 Å². The van der Waals surface area contributed by atoms with Gasteiger partial charge in [0, 0.05) is 7.11 Å². The van der Waals surface area contributed by atoms with Crippen molar-refractivity contribution in [2.75, 3.05) is 7.11 Å². The van der Waals surface area contributed by atoms with Crippen molar-refractivity contribution in [2.45, 2.75) is 38.3 Å². The monoisotopic (exact) mass is 225 g/mol. The smallest absolute Gasteiger partial charge is 0.358 e. The van der Waals surface area contributed by atoms with E-state index < -0.39 is 5.97 Å². The van der Waals surface area contributed by atoms with Crippen LogP contribution < -0.4 is 0 Å². The molecule has 1 saturated carbocycles. The van der Waals surface area contributed by atoms with Gasteiger partial charge in [-0.05, 0) is 12.8 Å². The number of aromatic carboxylic acids is 1. The van der Waals surface area contributed by atoms with Gasteiger partial charge in [0.25, 0.3) is 0 Å². The van der Waals surface area contributed by atoms with Crippen molar-refractivity contribution in [3.63, 3.8) is 0 Å². The molecule has 2 rings (SSSR count). The van der Waals surface area contributed by atoms with Gasteiger partial charge in [0.05, 0.1) is 18.3 Å². The average molecular weight is 225 g/mol. The highest BCUT2D eigenvalue weighted by atomic mass is 16.5. The van der Waals surface area contributed by atoms with E-state index in [9.17, 15) is 4.79 Å². The summed E-state index contributed by atoms with van der Waals surface area (Å²) in [6.45, 7) is 0.241. The van der Waals surface area contributed by atoms with E-state index in [-0.39, 0.29) is 18.3 Å². The van der Waals surface area contributed by atoms with Crippen molar-refractivity contribution in [1.82, 2.24) is 15.0 Å². The Labute approximate surface area is 93.2 Å². The van der Waals surface area contributed by atoms with Crippen LogP contribution in [-0.4, -0.2) is 33.2 Å². The zero-order valence-corrected chi connectivity index (χ0v) is 9.22. The minimum absolute atomic E-state index is 0.00810. The molecule has 0 radical (unpaired) electrons. The summed E-state index contributed by atoms with van der Waals surface area (Å²) in [5.74, 6) is -1.05. The number of aromatic nitrogens is 3. The van der Waals surface area contributed by atoms with Crippen molar-refractivity contribution in [2.24, 2.45) is 0 Å². The Morgan fingerprint density at radius 3 is 2.81 bits per heavy atom. The second kappa shape index (κ2) is 4.61. The highest BCUT2D eigenvalue weighted by molar-refractivity contribution is 5.86. The van der Waals surface area contributed by atoms with Crippen molar-refractivity contribution in [1.29, 1.82) is 0 Å². The number of carboxylic acids is 1. The molecule has 1 fully saturated rings. The van der Waals surface area contributed by atoms with Gasteiger partial charge in [0.2, 0.25) is 0 Å². The molecule has 88 valence electrons. The zero-order valence-electron chi connectivity index (χ0n) is 9.22. The number of ether oxygens (including phenoxy) is 1. The Bertz CT molecular complexity index is 383. The zero-order chi connectivity index (χ0) is 11.5. The van der Waals surface area contributed by atoms with Gasteiger partial charge in [-0.25, -0.2) is 9.48 Å². The molecule has 0 spiro atoms. The van der Waals surface area contributed by atoms with Crippen LogP contribution in [0.1, 0.15) is 47.9 Å². The third-order valence-electron chi connectivity index (χ3n) is 2.95. The molecule has 6 nitrogen and oxygen atoms in total. The molecule has 1 aliphatic carbocycles. The number of carbonyl (C=O) groups is 1. The lowest BCUT2D eigenvalue weighted by molar-refractivity contribution is 0.0684. The van der Waals surface area contributed by atoms with Crippen LogP contribution >= 0.6 is 0 Å². The van der Waals surface area contributed by atoms with Crippen LogP contribution in [0.5, 0.6) is 0 Å². The van der Waals surface area contributed by atoms with Gasteiger partial charge >= 0.3 is 5.97 Å². The maximum Gasteiger partial charge on any atom is 0.358 e. The fourth-order valence-corrected chi connectivity index (χ4v) is 2.19.